The van der Waals surface area contributed by atoms with E-state index in [-0.39, 0.29) is 23.7 Å². The molecule has 2 aliphatic rings. The highest BCUT2D eigenvalue weighted by atomic mass is 16.7. The minimum Gasteiger partial charge on any atom is -0.402 e. The summed E-state index contributed by atoms with van der Waals surface area (Å²) < 4.78 is 18.0. The maximum Gasteiger partial charge on any atom is 0.481 e. The van der Waals surface area contributed by atoms with Crippen molar-refractivity contribution in [2.75, 3.05) is 26.3 Å². The summed E-state index contributed by atoms with van der Waals surface area (Å²) in [5.74, 6) is -3.17. The summed E-state index contributed by atoms with van der Waals surface area (Å²) in [4.78, 5) is 49.5. The second-order valence-corrected chi connectivity index (χ2v) is 11.5. The summed E-state index contributed by atoms with van der Waals surface area (Å²) in [6.45, 7) is 9.52. The first-order valence-electron chi connectivity index (χ1n) is 14.1. The molecular formula is C29H40BN5O6. The Morgan fingerprint density at radius 1 is 1.02 bits per heavy atom. The van der Waals surface area contributed by atoms with Crippen LogP contribution in [0.2, 0.25) is 0 Å². The van der Waals surface area contributed by atoms with Crippen LogP contribution in [-0.4, -0.2) is 83.2 Å². The molecule has 4 rings (SSSR count). The van der Waals surface area contributed by atoms with Gasteiger partial charge in [0.05, 0.1) is 42.0 Å². The predicted molar refractivity (Wildman–Crippen MR) is 153 cm³/mol. The Bertz CT molecular complexity index is 1210. The summed E-state index contributed by atoms with van der Waals surface area (Å²) in [7, 11) is -0.715. The molecule has 0 unspecified atom stereocenters. The third kappa shape index (κ3) is 7.49. The number of nitrogens with one attached hydrogen (secondary N) is 1. The zero-order valence-electron chi connectivity index (χ0n) is 24.3. The van der Waals surface area contributed by atoms with E-state index in [0.29, 0.717) is 32.7 Å². The van der Waals surface area contributed by atoms with Crippen molar-refractivity contribution in [1.82, 2.24) is 20.2 Å². The summed E-state index contributed by atoms with van der Waals surface area (Å²) in [6, 6.07) is 10.1. The van der Waals surface area contributed by atoms with Crippen LogP contribution in [0.5, 0.6) is 0 Å². The molecule has 3 heterocycles. The third-order valence-corrected chi connectivity index (χ3v) is 8.10. The molecule has 11 nitrogen and oxygen atoms in total. The number of hydrogen-bond acceptors (Lipinski definition) is 8. The van der Waals surface area contributed by atoms with Gasteiger partial charge in [-0.05, 0) is 52.5 Å². The number of aromatic nitrogens is 2. The molecular weight excluding hydrogens is 525 g/mol. The zero-order chi connectivity index (χ0) is 29.6. The van der Waals surface area contributed by atoms with E-state index in [9.17, 15) is 14.4 Å². The zero-order valence-corrected chi connectivity index (χ0v) is 24.3. The second kappa shape index (κ2) is 13.1. The molecule has 220 valence electrons. The number of nitrogens with two attached hydrogens (primary N) is 1. The average Bonchev–Trinajstić information content (AvgIpc) is 3.18. The van der Waals surface area contributed by atoms with Crippen molar-refractivity contribution in [3.63, 3.8) is 0 Å². The molecule has 0 saturated carbocycles. The smallest absolute Gasteiger partial charge is 0.402 e. The number of aryl methyl sites for hydroxylation is 1. The van der Waals surface area contributed by atoms with E-state index in [4.69, 9.17) is 19.8 Å². The lowest BCUT2D eigenvalue weighted by molar-refractivity contribution is -0.138. The van der Waals surface area contributed by atoms with Crippen molar-refractivity contribution >= 4 is 24.8 Å². The SMILES string of the molecule is CC1(C)OB([C@@H](CCCc2ccccc2)NC(=O)[C@H](CC(=O)N2CCOCC2)c2nccnc2C(N)=O)OC1(C)C. The first kappa shape index (κ1) is 30.6. The second-order valence-electron chi connectivity index (χ2n) is 11.5. The van der Waals surface area contributed by atoms with Crippen molar-refractivity contribution < 1.29 is 28.4 Å². The molecule has 2 fully saturated rings. The predicted octanol–water partition coefficient (Wildman–Crippen LogP) is 2.05. The molecule has 12 heteroatoms. The minimum absolute atomic E-state index is 0.0658. The lowest BCUT2D eigenvalue weighted by Crippen LogP contribution is -2.50. The van der Waals surface area contributed by atoms with Gasteiger partial charge < -0.3 is 30.0 Å². The van der Waals surface area contributed by atoms with Gasteiger partial charge in [0.15, 0.2) is 0 Å². The highest BCUT2D eigenvalue weighted by molar-refractivity contribution is 6.48. The average molecular weight is 565 g/mol. The molecule has 1 aromatic heterocycles. The van der Waals surface area contributed by atoms with Crippen molar-refractivity contribution in [1.29, 1.82) is 0 Å². The van der Waals surface area contributed by atoms with Gasteiger partial charge in [0.2, 0.25) is 11.8 Å². The van der Waals surface area contributed by atoms with Gasteiger partial charge >= 0.3 is 7.12 Å². The molecule has 2 aliphatic heterocycles. The Labute approximate surface area is 241 Å². The fraction of sp³-hybridized carbons (Fsp3) is 0.552. The molecule has 0 radical (unpaired) electrons. The molecule has 2 atom stereocenters. The normalized spacial score (nSPS) is 19.4. The number of rotatable bonds is 11. The van der Waals surface area contributed by atoms with Gasteiger partial charge in [0, 0.05) is 31.9 Å². The first-order valence-corrected chi connectivity index (χ1v) is 14.1. The van der Waals surface area contributed by atoms with Crippen LogP contribution in [-0.2, 0) is 30.1 Å². The van der Waals surface area contributed by atoms with Crippen LogP contribution in [0.25, 0.3) is 0 Å². The number of ether oxygens (including phenoxy) is 1. The molecule has 0 aliphatic carbocycles. The van der Waals surface area contributed by atoms with Gasteiger partial charge in [0.25, 0.3) is 5.91 Å². The summed E-state index contributed by atoms with van der Waals surface area (Å²) in [5.41, 5.74) is 5.49. The Morgan fingerprint density at radius 2 is 1.66 bits per heavy atom. The van der Waals surface area contributed by atoms with Crippen LogP contribution in [0.15, 0.2) is 42.7 Å². The number of nitrogens with zero attached hydrogens (tertiary/aromatic N) is 3. The maximum atomic E-state index is 14.0. The molecule has 2 aromatic rings. The van der Waals surface area contributed by atoms with Gasteiger partial charge in [-0.1, -0.05) is 30.3 Å². The fourth-order valence-electron chi connectivity index (χ4n) is 5.01. The van der Waals surface area contributed by atoms with E-state index < -0.39 is 42.0 Å². The molecule has 3 N–H and O–H groups in total. The van der Waals surface area contributed by atoms with Crippen LogP contribution in [0.1, 0.15) is 74.6 Å². The Balaban J connectivity index is 1.59. The molecule has 0 bridgehead atoms. The number of benzene rings is 1. The van der Waals surface area contributed by atoms with Gasteiger partial charge in [-0.15, -0.1) is 0 Å². The monoisotopic (exact) mass is 565 g/mol. The van der Waals surface area contributed by atoms with Crippen molar-refractivity contribution in [3.05, 3.63) is 59.7 Å². The topological polar surface area (TPSA) is 146 Å². The lowest BCUT2D eigenvalue weighted by Gasteiger charge is -2.32. The maximum absolute atomic E-state index is 14.0. The van der Waals surface area contributed by atoms with Crippen LogP contribution in [0, 0.1) is 0 Å². The van der Waals surface area contributed by atoms with Crippen LogP contribution >= 0.6 is 0 Å². The number of amides is 3. The third-order valence-electron chi connectivity index (χ3n) is 8.10. The number of carbonyl (C=O) groups is 3. The number of morpholine rings is 1. The van der Waals surface area contributed by atoms with E-state index in [1.807, 2.05) is 45.9 Å². The van der Waals surface area contributed by atoms with Gasteiger partial charge in [-0.25, -0.2) is 4.98 Å². The van der Waals surface area contributed by atoms with Crippen molar-refractivity contribution in [2.24, 2.45) is 5.73 Å². The summed E-state index contributed by atoms with van der Waals surface area (Å²) in [5, 5.41) is 3.09. The van der Waals surface area contributed by atoms with E-state index in [0.717, 1.165) is 12.8 Å². The standard InChI is InChI=1S/C29H40BN5O6/c1-28(2)29(3,4)41-30(40-28)22(12-8-11-20-9-6-5-7-10-20)34-27(38)21(19-23(36)35-15-17-39-18-16-35)24-25(26(31)37)33-14-13-32-24/h5-7,9-10,13-14,21-22H,8,11-12,15-19H2,1-4H3,(H2,31,37)(H,34,38)/t21-,22-/m1/s1. The molecule has 3 amide bonds. The molecule has 2 saturated heterocycles. The highest BCUT2D eigenvalue weighted by Crippen LogP contribution is 2.38. The van der Waals surface area contributed by atoms with Gasteiger partial charge in [0.1, 0.15) is 5.69 Å². The molecule has 41 heavy (non-hydrogen) atoms. The Kier molecular flexibility index (Phi) is 9.78. The van der Waals surface area contributed by atoms with Gasteiger partial charge in [-0.3, -0.25) is 19.4 Å². The molecule has 1 aromatic carbocycles. The van der Waals surface area contributed by atoms with E-state index in [2.05, 4.69) is 27.4 Å². The largest absolute Gasteiger partial charge is 0.481 e. The summed E-state index contributed by atoms with van der Waals surface area (Å²) in [6.07, 6.45) is 4.64. The van der Waals surface area contributed by atoms with Crippen molar-refractivity contribution in [3.8, 4) is 0 Å². The van der Waals surface area contributed by atoms with Gasteiger partial charge in [-0.2, -0.15) is 0 Å². The first-order chi connectivity index (χ1) is 19.5. The van der Waals surface area contributed by atoms with E-state index in [1.165, 1.54) is 18.0 Å². The van der Waals surface area contributed by atoms with E-state index >= 15 is 0 Å². The number of primary amides is 1. The van der Waals surface area contributed by atoms with Crippen molar-refractivity contribution in [2.45, 2.75) is 76.4 Å². The highest BCUT2D eigenvalue weighted by Gasteiger charge is 2.54. The van der Waals surface area contributed by atoms with Crippen LogP contribution in [0.4, 0.5) is 0 Å². The lowest BCUT2D eigenvalue weighted by atomic mass is 9.74. The van der Waals surface area contributed by atoms with Crippen LogP contribution < -0.4 is 11.1 Å². The minimum atomic E-state index is -1.10. The fourth-order valence-corrected chi connectivity index (χ4v) is 5.01. The van der Waals surface area contributed by atoms with E-state index in [1.54, 1.807) is 4.90 Å². The van der Waals surface area contributed by atoms with Crippen LogP contribution in [0.3, 0.4) is 0 Å². The summed E-state index contributed by atoms with van der Waals surface area (Å²) >= 11 is 0. The Hall–Kier alpha value is -3.35. The molecule has 0 spiro atoms. The number of carbonyl (C=O) groups excluding carboxylic acids is 3. The quantitative estimate of drug-likeness (QED) is 0.394. The number of hydrogen-bond donors (Lipinski definition) is 2. The Morgan fingerprint density at radius 3 is 2.29 bits per heavy atom.